The van der Waals surface area contributed by atoms with Gasteiger partial charge in [-0.1, -0.05) is 30.3 Å². The maximum absolute atomic E-state index is 11.0. The van der Waals surface area contributed by atoms with E-state index in [-0.39, 0.29) is 31.2 Å². The van der Waals surface area contributed by atoms with Crippen LogP contribution in [0.2, 0.25) is 0 Å². The number of aliphatic hydroxyl groups excluding tert-OH is 2. The predicted octanol–water partition coefficient (Wildman–Crippen LogP) is 4.60. The van der Waals surface area contributed by atoms with Crippen molar-refractivity contribution in [1.29, 1.82) is 0 Å². The van der Waals surface area contributed by atoms with Crippen LogP contribution >= 0.6 is 0 Å². The van der Waals surface area contributed by atoms with Gasteiger partial charge < -0.3 is 24.9 Å². The quantitative estimate of drug-likeness (QED) is 0.288. The van der Waals surface area contributed by atoms with E-state index < -0.39 is 0 Å². The largest absolute Gasteiger partial charge is 0.494 e. The van der Waals surface area contributed by atoms with Gasteiger partial charge in [0.2, 0.25) is 0 Å². The predicted molar refractivity (Wildman–Crippen MR) is 140 cm³/mol. The van der Waals surface area contributed by atoms with Crippen molar-refractivity contribution in [1.82, 2.24) is 14.6 Å². The van der Waals surface area contributed by atoms with Crippen LogP contribution < -0.4 is 0 Å². The van der Waals surface area contributed by atoms with Crippen LogP contribution in [0, 0.1) is 0 Å². The number of aromatic amines is 1. The Kier molecular flexibility index (Phi) is 4.91. The number of hydrogen-bond donors (Lipinski definition) is 4. The molecule has 7 rings (SSSR count). The van der Waals surface area contributed by atoms with Crippen LogP contribution in [0.3, 0.4) is 0 Å². The Morgan fingerprint density at radius 2 is 1.94 bits per heavy atom. The summed E-state index contributed by atoms with van der Waals surface area (Å²) in [4.78, 5) is 8.90. The van der Waals surface area contributed by atoms with E-state index in [9.17, 15) is 15.3 Å². The minimum absolute atomic E-state index is 0.000499. The number of aromatic hydroxyl groups is 1. The first-order valence-electron chi connectivity index (χ1n) is 12.6. The van der Waals surface area contributed by atoms with Crippen molar-refractivity contribution < 1.29 is 20.2 Å². The summed E-state index contributed by atoms with van der Waals surface area (Å²) in [6.07, 6.45) is 3.92. The summed E-state index contributed by atoms with van der Waals surface area (Å²) in [6, 6.07) is 15.1. The van der Waals surface area contributed by atoms with Gasteiger partial charge in [-0.05, 0) is 47.2 Å². The van der Waals surface area contributed by atoms with Crippen LogP contribution in [0.15, 0.2) is 48.7 Å². The second-order valence-electron chi connectivity index (χ2n) is 10.1. The van der Waals surface area contributed by atoms with Gasteiger partial charge >= 0.3 is 0 Å². The Hall–Kier alpha value is -3.36. The van der Waals surface area contributed by atoms with Gasteiger partial charge in [0.15, 0.2) is 5.88 Å². The summed E-state index contributed by atoms with van der Waals surface area (Å²) < 4.78 is 2.35. The molecular formula is C29H29N3O4. The second-order valence-corrected chi connectivity index (χ2v) is 10.1. The molecule has 36 heavy (non-hydrogen) atoms. The number of hydroxylamine groups is 2. The molecular weight excluding hydrogens is 454 g/mol. The number of rotatable bonds is 5. The molecule has 2 unspecified atom stereocenters. The zero-order valence-electron chi connectivity index (χ0n) is 20.2. The lowest BCUT2D eigenvalue weighted by Gasteiger charge is -2.18. The molecule has 0 spiro atoms. The van der Waals surface area contributed by atoms with Crippen LogP contribution in [0.1, 0.15) is 35.6 Å². The first-order chi connectivity index (χ1) is 17.6. The lowest BCUT2D eigenvalue weighted by Crippen LogP contribution is -2.18. The molecule has 3 aromatic carbocycles. The van der Waals surface area contributed by atoms with Crippen LogP contribution in [-0.4, -0.2) is 56.3 Å². The molecule has 4 N–H and O–H groups in total. The maximum atomic E-state index is 11.0. The molecule has 1 fully saturated rings. The molecule has 184 valence electrons. The van der Waals surface area contributed by atoms with E-state index in [2.05, 4.69) is 52.0 Å². The normalized spacial score (nSPS) is 19.6. The van der Waals surface area contributed by atoms with Crippen molar-refractivity contribution in [2.75, 3.05) is 20.3 Å². The topological polar surface area (TPSA) is 93.9 Å². The highest BCUT2D eigenvalue weighted by molar-refractivity contribution is 6.27. The lowest BCUT2D eigenvalue weighted by atomic mass is 9.95. The molecule has 1 aliphatic heterocycles. The van der Waals surface area contributed by atoms with E-state index in [0.29, 0.717) is 13.0 Å². The summed E-state index contributed by atoms with van der Waals surface area (Å²) in [6.45, 7) is 0.834. The van der Waals surface area contributed by atoms with E-state index in [1.807, 2.05) is 18.3 Å². The molecule has 0 radical (unpaired) electrons. The van der Waals surface area contributed by atoms with Crippen molar-refractivity contribution in [3.8, 4) is 17.0 Å². The Bertz CT molecular complexity index is 1650. The van der Waals surface area contributed by atoms with E-state index in [4.69, 9.17) is 4.84 Å². The fourth-order valence-corrected chi connectivity index (χ4v) is 6.54. The fourth-order valence-electron chi connectivity index (χ4n) is 6.54. The second kappa shape index (κ2) is 8.08. The number of fused-ring (bicyclic) bond motifs is 10. The smallest absolute Gasteiger partial charge is 0.197 e. The number of nitrogens with zero attached hydrogens (tertiary/aromatic N) is 2. The Labute approximate surface area is 208 Å². The first-order valence-corrected chi connectivity index (χ1v) is 12.6. The molecule has 2 atom stereocenters. The standard InChI is InChI=1S/C29H29N3O4/c1-31-24(13-18(15-34)36-31)17-7-8-23-20(12-17)26-22-14-30-29(35)27(22)25-19-6-3-2-5-16(19)11-21(25)28(26)32(23)9-4-10-33/h2-3,5-8,12,14,18,24,30,33-35H,4,9-11,13,15H2,1H3. The third-order valence-corrected chi connectivity index (χ3v) is 8.08. The minimum atomic E-state index is -0.198. The van der Waals surface area contributed by atoms with Gasteiger partial charge in [-0.2, -0.15) is 5.06 Å². The molecule has 2 aromatic heterocycles. The highest BCUT2D eigenvalue weighted by atomic mass is 16.7. The van der Waals surface area contributed by atoms with Gasteiger partial charge in [-0.15, -0.1) is 0 Å². The molecule has 1 aliphatic carbocycles. The van der Waals surface area contributed by atoms with Crippen LogP contribution in [0.4, 0.5) is 0 Å². The van der Waals surface area contributed by atoms with Crippen molar-refractivity contribution in [3.05, 3.63) is 65.4 Å². The van der Waals surface area contributed by atoms with Crippen LogP contribution in [-0.2, 0) is 17.8 Å². The summed E-state index contributed by atoms with van der Waals surface area (Å²) in [7, 11) is 1.92. The fraction of sp³-hybridized carbons (Fsp3) is 0.310. The molecule has 5 aromatic rings. The highest BCUT2D eigenvalue weighted by Crippen LogP contribution is 2.51. The van der Waals surface area contributed by atoms with Crippen molar-refractivity contribution in [2.24, 2.45) is 0 Å². The average Bonchev–Trinajstić information content (AvgIpc) is 3.64. The third-order valence-electron chi connectivity index (χ3n) is 8.08. The molecule has 0 saturated carbocycles. The van der Waals surface area contributed by atoms with Gasteiger partial charge in [0, 0.05) is 60.1 Å². The SMILES string of the molecule is CN1OC(CO)CC1c1ccc2c(c1)c1c3c[nH]c(O)c3c3c(c1n2CCCO)Cc1ccccc1-3. The maximum Gasteiger partial charge on any atom is 0.197 e. The molecule has 1 saturated heterocycles. The highest BCUT2D eigenvalue weighted by Gasteiger charge is 2.33. The number of hydrogen-bond acceptors (Lipinski definition) is 5. The summed E-state index contributed by atoms with van der Waals surface area (Å²) >= 11 is 0. The van der Waals surface area contributed by atoms with Gasteiger partial charge in [0.25, 0.3) is 0 Å². The summed E-state index contributed by atoms with van der Waals surface area (Å²) in [5, 5.41) is 36.3. The van der Waals surface area contributed by atoms with Gasteiger partial charge in [-0.25, -0.2) is 0 Å². The number of H-pyrrole nitrogens is 1. The third kappa shape index (κ3) is 2.94. The van der Waals surface area contributed by atoms with Gasteiger partial charge in [0.05, 0.1) is 23.6 Å². The first kappa shape index (κ1) is 21.9. The molecule has 2 aliphatic rings. The zero-order chi connectivity index (χ0) is 24.6. The lowest BCUT2D eigenvalue weighted by molar-refractivity contribution is -0.153. The number of nitrogens with one attached hydrogen (secondary N) is 1. The van der Waals surface area contributed by atoms with E-state index in [1.165, 1.54) is 22.2 Å². The Balaban J connectivity index is 1.57. The molecule has 0 bridgehead atoms. The van der Waals surface area contributed by atoms with Crippen LogP contribution in [0.25, 0.3) is 43.7 Å². The summed E-state index contributed by atoms with van der Waals surface area (Å²) in [5.74, 6) is 0.196. The number of aromatic nitrogens is 2. The van der Waals surface area contributed by atoms with Gasteiger partial charge in [0.1, 0.15) is 6.10 Å². The number of aryl methyl sites for hydroxylation is 1. The molecule has 7 nitrogen and oxygen atoms in total. The Morgan fingerprint density at radius 3 is 2.75 bits per heavy atom. The summed E-state index contributed by atoms with van der Waals surface area (Å²) in [5.41, 5.74) is 8.21. The van der Waals surface area contributed by atoms with Crippen molar-refractivity contribution in [2.45, 2.75) is 38.0 Å². The van der Waals surface area contributed by atoms with Gasteiger partial charge in [-0.3, -0.25) is 4.84 Å². The zero-order valence-corrected chi connectivity index (χ0v) is 20.2. The monoisotopic (exact) mass is 483 g/mol. The van der Waals surface area contributed by atoms with Crippen molar-refractivity contribution in [3.63, 3.8) is 0 Å². The average molecular weight is 484 g/mol. The van der Waals surface area contributed by atoms with E-state index in [1.54, 1.807) is 0 Å². The van der Waals surface area contributed by atoms with Crippen LogP contribution in [0.5, 0.6) is 5.88 Å². The molecule has 0 amide bonds. The van der Waals surface area contributed by atoms with Crippen molar-refractivity contribution >= 4 is 32.6 Å². The Morgan fingerprint density at radius 1 is 1.08 bits per heavy atom. The molecule has 7 heteroatoms. The van der Waals surface area contributed by atoms with E-state index >= 15 is 0 Å². The molecule has 3 heterocycles. The van der Waals surface area contributed by atoms with E-state index in [0.717, 1.165) is 51.0 Å². The number of aliphatic hydroxyl groups is 2. The number of benzene rings is 3. The minimum Gasteiger partial charge on any atom is -0.494 e.